The van der Waals surface area contributed by atoms with Crippen molar-refractivity contribution in [3.05, 3.63) is 53.7 Å². The third-order valence-corrected chi connectivity index (χ3v) is 3.13. The molecule has 3 aromatic rings. The fraction of sp³-hybridized carbons (Fsp3) is 0.0667. The number of nitrogens with zero attached hydrogens (tertiary/aromatic N) is 2. The van der Waals surface area contributed by atoms with E-state index in [1.807, 2.05) is 42.5 Å². The van der Waals surface area contributed by atoms with Crippen LogP contribution in [-0.4, -0.2) is 17.1 Å². The van der Waals surface area contributed by atoms with Crippen molar-refractivity contribution in [2.24, 2.45) is 0 Å². The van der Waals surface area contributed by atoms with Crippen molar-refractivity contribution in [2.75, 3.05) is 7.11 Å². The van der Waals surface area contributed by atoms with Crippen molar-refractivity contribution in [1.29, 1.82) is 0 Å². The Hall–Kier alpha value is -2.13. The molecule has 0 aliphatic carbocycles. The molecule has 1 heterocycles. The van der Waals surface area contributed by atoms with E-state index in [0.717, 1.165) is 22.2 Å². The summed E-state index contributed by atoms with van der Waals surface area (Å²) in [5.41, 5.74) is 1.84. The van der Waals surface area contributed by atoms with Gasteiger partial charge in [0.15, 0.2) is 5.82 Å². The molecule has 0 unspecified atom stereocenters. The summed E-state index contributed by atoms with van der Waals surface area (Å²) in [6.07, 6.45) is 1.79. The fourth-order valence-corrected chi connectivity index (χ4v) is 2.06. The number of methoxy groups -OCH3 is 1. The van der Waals surface area contributed by atoms with Crippen molar-refractivity contribution in [3.63, 3.8) is 0 Å². The average Bonchev–Trinajstić information content (AvgIpc) is 2.47. The zero-order chi connectivity index (χ0) is 13.2. The van der Waals surface area contributed by atoms with E-state index in [-0.39, 0.29) is 0 Å². The Balaban J connectivity index is 2.06. The molecule has 0 N–H and O–H groups in total. The Morgan fingerprint density at radius 2 is 1.84 bits per heavy atom. The second-order valence-electron chi connectivity index (χ2n) is 4.13. The van der Waals surface area contributed by atoms with Gasteiger partial charge in [-0.15, -0.1) is 0 Å². The SMILES string of the molecule is COc1ccc(-c2ncc3cc(Cl)ccc3n2)cc1. The van der Waals surface area contributed by atoms with Crippen LogP contribution in [-0.2, 0) is 0 Å². The molecule has 3 rings (SSSR count). The zero-order valence-corrected chi connectivity index (χ0v) is 11.1. The number of rotatable bonds is 2. The molecule has 0 radical (unpaired) electrons. The van der Waals surface area contributed by atoms with E-state index in [4.69, 9.17) is 16.3 Å². The van der Waals surface area contributed by atoms with E-state index in [9.17, 15) is 0 Å². The van der Waals surface area contributed by atoms with Crippen molar-refractivity contribution >= 4 is 22.5 Å². The molecule has 0 fully saturated rings. The zero-order valence-electron chi connectivity index (χ0n) is 10.3. The van der Waals surface area contributed by atoms with E-state index >= 15 is 0 Å². The third-order valence-electron chi connectivity index (χ3n) is 2.89. The topological polar surface area (TPSA) is 35.0 Å². The van der Waals surface area contributed by atoms with Crippen LogP contribution in [0.4, 0.5) is 0 Å². The first kappa shape index (κ1) is 11.9. The predicted molar refractivity (Wildman–Crippen MR) is 76.5 cm³/mol. The van der Waals surface area contributed by atoms with Gasteiger partial charge in [-0.05, 0) is 42.5 Å². The lowest BCUT2D eigenvalue weighted by atomic mass is 10.2. The lowest BCUT2D eigenvalue weighted by Crippen LogP contribution is -1.90. The van der Waals surface area contributed by atoms with E-state index in [1.54, 1.807) is 13.3 Å². The second kappa shape index (κ2) is 4.86. The number of hydrogen-bond donors (Lipinski definition) is 0. The maximum Gasteiger partial charge on any atom is 0.159 e. The molecule has 0 aliphatic rings. The van der Waals surface area contributed by atoms with Gasteiger partial charge < -0.3 is 4.74 Å². The standard InChI is InChI=1S/C15H11ClN2O/c1-19-13-5-2-10(3-6-13)15-17-9-11-8-12(16)4-7-14(11)18-15/h2-9H,1H3. The third kappa shape index (κ3) is 2.37. The highest BCUT2D eigenvalue weighted by Gasteiger charge is 2.04. The highest BCUT2D eigenvalue weighted by atomic mass is 35.5. The maximum absolute atomic E-state index is 5.94. The van der Waals surface area contributed by atoms with Crippen LogP contribution in [0.1, 0.15) is 0 Å². The van der Waals surface area contributed by atoms with Gasteiger partial charge in [0.2, 0.25) is 0 Å². The summed E-state index contributed by atoms with van der Waals surface area (Å²) in [6, 6.07) is 13.2. The molecule has 0 bridgehead atoms. The number of aromatic nitrogens is 2. The minimum absolute atomic E-state index is 0.688. The molecule has 3 nitrogen and oxygen atoms in total. The molecule has 0 atom stereocenters. The Labute approximate surface area is 115 Å². The van der Waals surface area contributed by atoms with Gasteiger partial charge in [-0.25, -0.2) is 9.97 Å². The van der Waals surface area contributed by atoms with Crippen LogP contribution >= 0.6 is 11.6 Å². The summed E-state index contributed by atoms with van der Waals surface area (Å²) in [6.45, 7) is 0. The minimum Gasteiger partial charge on any atom is -0.497 e. The van der Waals surface area contributed by atoms with Crippen LogP contribution in [0.5, 0.6) is 5.75 Å². The quantitative estimate of drug-likeness (QED) is 0.707. The minimum atomic E-state index is 0.688. The fourth-order valence-electron chi connectivity index (χ4n) is 1.88. The van der Waals surface area contributed by atoms with Crippen LogP contribution in [0.15, 0.2) is 48.7 Å². The molecule has 0 amide bonds. The molecule has 94 valence electrons. The van der Waals surface area contributed by atoms with Crippen molar-refractivity contribution in [2.45, 2.75) is 0 Å². The molecule has 4 heteroatoms. The highest BCUT2D eigenvalue weighted by molar-refractivity contribution is 6.31. The van der Waals surface area contributed by atoms with Gasteiger partial charge in [0.1, 0.15) is 5.75 Å². The van der Waals surface area contributed by atoms with E-state index < -0.39 is 0 Å². The maximum atomic E-state index is 5.94. The lowest BCUT2D eigenvalue weighted by Gasteiger charge is -2.04. The lowest BCUT2D eigenvalue weighted by molar-refractivity contribution is 0.415. The van der Waals surface area contributed by atoms with Gasteiger partial charge in [-0.2, -0.15) is 0 Å². The van der Waals surface area contributed by atoms with E-state index in [0.29, 0.717) is 10.8 Å². The summed E-state index contributed by atoms with van der Waals surface area (Å²) in [4.78, 5) is 8.89. The van der Waals surface area contributed by atoms with Gasteiger partial charge in [-0.3, -0.25) is 0 Å². The van der Waals surface area contributed by atoms with Crippen LogP contribution in [0.3, 0.4) is 0 Å². The molecule has 2 aromatic carbocycles. The normalized spacial score (nSPS) is 10.6. The smallest absolute Gasteiger partial charge is 0.159 e. The van der Waals surface area contributed by atoms with E-state index in [1.165, 1.54) is 0 Å². The molecule has 0 saturated carbocycles. The summed E-state index contributed by atoms with van der Waals surface area (Å²) in [7, 11) is 1.64. The molecule has 1 aromatic heterocycles. The Morgan fingerprint density at radius 1 is 1.05 bits per heavy atom. The average molecular weight is 271 g/mol. The van der Waals surface area contributed by atoms with Gasteiger partial charge >= 0.3 is 0 Å². The van der Waals surface area contributed by atoms with Crippen molar-refractivity contribution in [3.8, 4) is 17.1 Å². The first-order chi connectivity index (χ1) is 9.26. The van der Waals surface area contributed by atoms with Gasteiger partial charge in [0, 0.05) is 22.2 Å². The Morgan fingerprint density at radius 3 is 2.58 bits per heavy atom. The van der Waals surface area contributed by atoms with Gasteiger partial charge in [-0.1, -0.05) is 11.6 Å². The first-order valence-electron chi connectivity index (χ1n) is 5.83. The number of fused-ring (bicyclic) bond motifs is 1. The Bertz CT molecular complexity index is 726. The Kier molecular flexibility index (Phi) is 3.05. The van der Waals surface area contributed by atoms with Gasteiger partial charge in [0.25, 0.3) is 0 Å². The summed E-state index contributed by atoms with van der Waals surface area (Å²) in [5, 5.41) is 1.62. The first-order valence-corrected chi connectivity index (χ1v) is 6.21. The molecule has 0 aliphatic heterocycles. The molecule has 0 saturated heterocycles. The summed E-state index contributed by atoms with van der Waals surface area (Å²) >= 11 is 5.94. The molecular weight excluding hydrogens is 260 g/mol. The number of ether oxygens (including phenoxy) is 1. The molecular formula is C15H11ClN2O. The molecule has 19 heavy (non-hydrogen) atoms. The van der Waals surface area contributed by atoms with Crippen LogP contribution in [0, 0.1) is 0 Å². The van der Waals surface area contributed by atoms with Crippen LogP contribution in [0.2, 0.25) is 5.02 Å². The van der Waals surface area contributed by atoms with Crippen LogP contribution < -0.4 is 4.74 Å². The number of benzene rings is 2. The van der Waals surface area contributed by atoms with Gasteiger partial charge in [0.05, 0.1) is 12.6 Å². The van der Waals surface area contributed by atoms with Crippen LogP contribution in [0.25, 0.3) is 22.3 Å². The number of hydrogen-bond acceptors (Lipinski definition) is 3. The van der Waals surface area contributed by atoms with E-state index in [2.05, 4.69) is 9.97 Å². The largest absolute Gasteiger partial charge is 0.497 e. The highest BCUT2D eigenvalue weighted by Crippen LogP contribution is 2.22. The second-order valence-corrected chi connectivity index (χ2v) is 4.56. The number of halogens is 1. The monoisotopic (exact) mass is 270 g/mol. The van der Waals surface area contributed by atoms with Crippen molar-refractivity contribution < 1.29 is 4.74 Å². The predicted octanol–water partition coefficient (Wildman–Crippen LogP) is 3.96. The summed E-state index contributed by atoms with van der Waals surface area (Å²) < 4.78 is 5.13. The molecule has 0 spiro atoms. The summed E-state index contributed by atoms with van der Waals surface area (Å²) in [5.74, 6) is 1.51. The van der Waals surface area contributed by atoms with Crippen molar-refractivity contribution in [1.82, 2.24) is 9.97 Å².